The maximum Gasteiger partial charge on any atom is 0.239 e. The van der Waals surface area contributed by atoms with Gasteiger partial charge in [0.25, 0.3) is 0 Å². The van der Waals surface area contributed by atoms with E-state index in [0.29, 0.717) is 11.5 Å². The zero-order valence-corrected chi connectivity index (χ0v) is 19.2. The molecule has 0 bridgehead atoms. The summed E-state index contributed by atoms with van der Waals surface area (Å²) in [4.78, 5) is 21.3. The van der Waals surface area contributed by atoms with E-state index in [1.807, 2.05) is 37.3 Å². The van der Waals surface area contributed by atoms with Gasteiger partial charge in [-0.05, 0) is 72.7 Å². The first-order chi connectivity index (χ1) is 15.8. The van der Waals surface area contributed by atoms with Crippen molar-refractivity contribution in [3.63, 3.8) is 0 Å². The third-order valence-electron chi connectivity index (χ3n) is 6.56. The zero-order valence-electron chi connectivity index (χ0n) is 18.4. The van der Waals surface area contributed by atoms with Gasteiger partial charge >= 0.3 is 0 Å². The number of halogens is 1. The van der Waals surface area contributed by atoms with Gasteiger partial charge in [0.15, 0.2) is 5.96 Å². The Balaban J connectivity index is 1.59. The van der Waals surface area contributed by atoms with Crippen molar-refractivity contribution in [3.8, 4) is 16.5 Å². The second-order valence-corrected chi connectivity index (χ2v) is 9.98. The van der Waals surface area contributed by atoms with Crippen LogP contribution in [0.25, 0.3) is 10.4 Å². The lowest BCUT2D eigenvalue weighted by Gasteiger charge is -2.40. The summed E-state index contributed by atoms with van der Waals surface area (Å²) >= 11 is 1.43. The summed E-state index contributed by atoms with van der Waals surface area (Å²) in [5.74, 6) is -0.321. The summed E-state index contributed by atoms with van der Waals surface area (Å²) < 4.78 is 14.0. The van der Waals surface area contributed by atoms with Crippen LogP contribution < -0.4 is 5.73 Å². The molecule has 1 aliphatic heterocycles. The van der Waals surface area contributed by atoms with Crippen LogP contribution >= 0.6 is 11.3 Å². The minimum atomic E-state index is -0.914. The number of guanidine groups is 1. The molecule has 5 rings (SSSR count). The van der Waals surface area contributed by atoms with Crippen molar-refractivity contribution < 1.29 is 9.18 Å². The Kier molecular flexibility index (Phi) is 5.06. The lowest BCUT2D eigenvalue weighted by atomic mass is 9.77. The van der Waals surface area contributed by atoms with Crippen molar-refractivity contribution in [3.05, 3.63) is 82.0 Å². The fraction of sp³-hybridized carbons (Fsp3) is 0.269. The van der Waals surface area contributed by atoms with Crippen LogP contribution in [0.2, 0.25) is 0 Å². The number of hydrogen-bond donors (Lipinski definition) is 1. The molecule has 2 atom stereocenters. The molecule has 3 aromatic rings. The number of likely N-dealkylation sites (N-methyl/N-ethyl adjacent to an activating group) is 1. The van der Waals surface area contributed by atoms with E-state index in [0.717, 1.165) is 15.3 Å². The number of thiophene rings is 1. The van der Waals surface area contributed by atoms with Crippen LogP contribution in [0.4, 0.5) is 4.39 Å². The van der Waals surface area contributed by atoms with E-state index in [4.69, 9.17) is 10.7 Å². The molecule has 1 aromatic heterocycles. The van der Waals surface area contributed by atoms with E-state index in [1.165, 1.54) is 46.8 Å². The Hall–Kier alpha value is -3.50. The van der Waals surface area contributed by atoms with Crippen molar-refractivity contribution in [2.45, 2.75) is 37.1 Å². The van der Waals surface area contributed by atoms with Gasteiger partial charge in [0, 0.05) is 16.8 Å². The zero-order chi connectivity index (χ0) is 23.3. The first-order valence-corrected chi connectivity index (χ1v) is 11.7. The third-order valence-corrected chi connectivity index (χ3v) is 7.93. The first kappa shape index (κ1) is 21.4. The van der Waals surface area contributed by atoms with Crippen molar-refractivity contribution in [1.82, 2.24) is 4.90 Å². The smallest absolute Gasteiger partial charge is 0.239 e. The number of aliphatic imine (C=N–C) groups is 1. The number of hydrogen-bond acceptors (Lipinski definition) is 5. The highest BCUT2D eigenvalue weighted by Gasteiger charge is 2.48. The van der Waals surface area contributed by atoms with Crippen LogP contribution in [0.3, 0.4) is 0 Å². The Morgan fingerprint density at radius 1 is 1.15 bits per heavy atom. The molecule has 1 aliphatic carbocycles. The van der Waals surface area contributed by atoms with Gasteiger partial charge in [-0.15, -0.1) is 11.3 Å². The fourth-order valence-corrected chi connectivity index (χ4v) is 5.64. The molecule has 0 saturated heterocycles. The Morgan fingerprint density at radius 2 is 1.85 bits per heavy atom. The van der Waals surface area contributed by atoms with E-state index >= 15 is 0 Å². The highest BCUT2D eigenvalue weighted by molar-refractivity contribution is 7.15. The SMILES string of the molecule is CN1C(=O)[C@H](c2ccc(C3CC3)cc2)[C@@](C)(c2ccc(-c3cc(F)cc(C#N)c3)s2)N=C1N. The molecule has 7 heteroatoms. The Labute approximate surface area is 196 Å². The van der Waals surface area contributed by atoms with Crippen LogP contribution in [0.1, 0.15) is 53.2 Å². The quantitative estimate of drug-likeness (QED) is 0.591. The van der Waals surface area contributed by atoms with Crippen LogP contribution in [-0.4, -0.2) is 23.8 Å². The van der Waals surface area contributed by atoms with Gasteiger partial charge in [-0.25, -0.2) is 9.38 Å². The molecule has 1 amide bonds. The minimum absolute atomic E-state index is 0.114. The van der Waals surface area contributed by atoms with Gasteiger partial charge in [-0.3, -0.25) is 9.69 Å². The van der Waals surface area contributed by atoms with Gasteiger partial charge in [0.1, 0.15) is 11.4 Å². The van der Waals surface area contributed by atoms with Crippen molar-refractivity contribution in [2.75, 3.05) is 7.05 Å². The molecule has 2 aliphatic rings. The predicted octanol–water partition coefficient (Wildman–Crippen LogP) is 5.09. The molecule has 1 saturated carbocycles. The number of benzene rings is 2. The van der Waals surface area contributed by atoms with E-state index in [9.17, 15) is 14.4 Å². The molecular weight excluding hydrogens is 435 g/mol. The average molecular weight is 459 g/mol. The van der Waals surface area contributed by atoms with Gasteiger partial charge in [0.2, 0.25) is 5.91 Å². The second kappa shape index (κ2) is 7.82. The number of carbonyl (C=O) groups excluding carboxylic acids is 1. The van der Waals surface area contributed by atoms with Crippen LogP contribution in [0.15, 0.2) is 59.6 Å². The predicted molar refractivity (Wildman–Crippen MR) is 127 cm³/mol. The van der Waals surface area contributed by atoms with Crippen molar-refractivity contribution >= 4 is 23.2 Å². The van der Waals surface area contributed by atoms with Crippen LogP contribution in [-0.2, 0) is 10.3 Å². The summed E-state index contributed by atoms with van der Waals surface area (Å²) in [6.07, 6.45) is 2.43. The lowest BCUT2D eigenvalue weighted by Crippen LogP contribution is -2.52. The molecule has 166 valence electrons. The van der Waals surface area contributed by atoms with Gasteiger partial charge in [-0.2, -0.15) is 5.26 Å². The van der Waals surface area contributed by atoms with Crippen LogP contribution in [0.5, 0.6) is 0 Å². The maximum absolute atomic E-state index is 14.0. The number of carbonyl (C=O) groups is 1. The Morgan fingerprint density at radius 3 is 2.52 bits per heavy atom. The lowest BCUT2D eigenvalue weighted by molar-refractivity contribution is -0.130. The number of nitrogens with zero attached hydrogens (tertiary/aromatic N) is 3. The molecule has 1 fully saturated rings. The standard InChI is InChI=1S/C26H23FN4OS/c1-26(22-10-9-21(33-22)19-11-15(14-28)12-20(27)13-19)23(24(32)31(2)25(29)30-26)18-7-5-17(6-8-18)16-3-4-16/h5-13,16,23H,3-4H2,1-2H3,(H2,29,30)/t23-,26+/m0/s1. The second-order valence-electron chi connectivity index (χ2n) is 8.89. The van der Waals surface area contributed by atoms with E-state index < -0.39 is 17.3 Å². The molecule has 2 aromatic carbocycles. The van der Waals surface area contributed by atoms with Gasteiger partial charge < -0.3 is 5.73 Å². The number of rotatable bonds is 4. The summed E-state index contributed by atoms with van der Waals surface area (Å²) in [6, 6.07) is 18.3. The minimum Gasteiger partial charge on any atom is -0.369 e. The van der Waals surface area contributed by atoms with Gasteiger partial charge in [-0.1, -0.05) is 24.3 Å². The molecule has 0 unspecified atom stereocenters. The summed E-state index contributed by atoms with van der Waals surface area (Å²) in [5.41, 5.74) is 8.30. The highest BCUT2D eigenvalue weighted by atomic mass is 32.1. The molecule has 0 spiro atoms. The molecule has 5 nitrogen and oxygen atoms in total. The van der Waals surface area contributed by atoms with E-state index in [2.05, 4.69) is 12.1 Å². The molecule has 33 heavy (non-hydrogen) atoms. The normalized spacial score (nSPS) is 22.7. The largest absolute Gasteiger partial charge is 0.369 e. The molecule has 2 heterocycles. The Bertz CT molecular complexity index is 1320. The average Bonchev–Trinajstić information content (AvgIpc) is 3.52. The topological polar surface area (TPSA) is 82.5 Å². The highest BCUT2D eigenvalue weighted by Crippen LogP contribution is 2.48. The number of nitrogens with two attached hydrogens (primary N) is 1. The summed E-state index contributed by atoms with van der Waals surface area (Å²) in [7, 11) is 1.64. The molecule has 0 radical (unpaired) electrons. The van der Waals surface area contributed by atoms with Gasteiger partial charge in [0.05, 0.1) is 17.6 Å². The number of amides is 1. The summed E-state index contributed by atoms with van der Waals surface area (Å²) in [6.45, 7) is 1.92. The van der Waals surface area contributed by atoms with Crippen molar-refractivity contribution in [2.24, 2.45) is 10.7 Å². The number of nitriles is 1. The molecule has 2 N–H and O–H groups in total. The first-order valence-electron chi connectivity index (χ1n) is 10.8. The van der Waals surface area contributed by atoms with Crippen LogP contribution in [0, 0.1) is 17.1 Å². The summed E-state index contributed by atoms with van der Waals surface area (Å²) in [5, 5.41) is 9.20. The fourth-order valence-electron chi connectivity index (χ4n) is 4.53. The monoisotopic (exact) mass is 458 g/mol. The van der Waals surface area contributed by atoms with E-state index in [1.54, 1.807) is 13.1 Å². The van der Waals surface area contributed by atoms with E-state index in [-0.39, 0.29) is 17.4 Å². The molecular formula is C26H23FN4OS. The maximum atomic E-state index is 14.0. The third kappa shape index (κ3) is 3.70. The van der Waals surface area contributed by atoms with Crippen molar-refractivity contribution in [1.29, 1.82) is 5.26 Å².